The van der Waals surface area contributed by atoms with Crippen molar-refractivity contribution < 1.29 is 14.1 Å². The second-order valence-electron chi connectivity index (χ2n) is 6.00. The average Bonchev–Trinajstić information content (AvgIpc) is 3.08. The molecule has 2 aromatic heterocycles. The number of fused-ring (bicyclic) bond motifs is 1. The van der Waals surface area contributed by atoms with Crippen molar-refractivity contribution in [2.45, 2.75) is 33.6 Å². The number of anilines is 2. The summed E-state index contributed by atoms with van der Waals surface area (Å²) in [4.78, 5) is 28.2. The van der Waals surface area contributed by atoms with E-state index in [0.29, 0.717) is 27.8 Å². The molecule has 2 N–H and O–H groups in total. The predicted octanol–water partition coefficient (Wildman–Crippen LogP) is 3.93. The van der Waals surface area contributed by atoms with Crippen LogP contribution in [0.15, 0.2) is 22.7 Å². The molecule has 0 aliphatic carbocycles. The lowest BCUT2D eigenvalue weighted by molar-refractivity contribution is -0.114. The molecule has 2 heterocycles. The van der Waals surface area contributed by atoms with Gasteiger partial charge in [0.15, 0.2) is 10.9 Å². The van der Waals surface area contributed by atoms with Gasteiger partial charge in [-0.15, -0.1) is 0 Å². The Labute approximate surface area is 148 Å². The maximum absolute atomic E-state index is 12.6. The summed E-state index contributed by atoms with van der Waals surface area (Å²) in [7, 11) is 0. The van der Waals surface area contributed by atoms with E-state index in [-0.39, 0.29) is 17.7 Å². The Hall–Kier alpha value is -2.74. The second-order valence-corrected chi connectivity index (χ2v) is 7.03. The monoisotopic (exact) mass is 358 g/mol. The van der Waals surface area contributed by atoms with Crippen LogP contribution in [0.5, 0.6) is 0 Å². The minimum Gasteiger partial charge on any atom is -0.360 e. The van der Waals surface area contributed by atoms with Gasteiger partial charge in [0, 0.05) is 18.5 Å². The molecule has 0 bridgehead atoms. The van der Waals surface area contributed by atoms with Gasteiger partial charge in [-0.25, -0.2) is 4.98 Å². The number of hydrogen-bond acceptors (Lipinski definition) is 6. The van der Waals surface area contributed by atoms with Crippen molar-refractivity contribution in [1.82, 2.24) is 10.1 Å². The van der Waals surface area contributed by atoms with Gasteiger partial charge < -0.3 is 9.84 Å². The van der Waals surface area contributed by atoms with Crippen molar-refractivity contribution in [3.8, 4) is 0 Å². The zero-order valence-electron chi connectivity index (χ0n) is 14.3. The van der Waals surface area contributed by atoms with Crippen molar-refractivity contribution in [3.05, 3.63) is 35.2 Å². The lowest BCUT2D eigenvalue weighted by Gasteiger charge is -2.04. The lowest BCUT2D eigenvalue weighted by atomic mass is 10.0. The van der Waals surface area contributed by atoms with Gasteiger partial charge in [-0.3, -0.25) is 14.9 Å². The molecule has 3 rings (SSSR count). The van der Waals surface area contributed by atoms with E-state index >= 15 is 0 Å². The first-order chi connectivity index (χ1) is 11.8. The zero-order chi connectivity index (χ0) is 18.1. The summed E-state index contributed by atoms with van der Waals surface area (Å²) in [6.45, 7) is 7.08. The molecule has 25 heavy (non-hydrogen) atoms. The number of rotatable bonds is 4. The fraction of sp³-hybridized carbons (Fsp3) is 0.294. The first kappa shape index (κ1) is 17.1. The van der Waals surface area contributed by atoms with E-state index in [0.717, 1.165) is 10.2 Å². The smallest absolute Gasteiger partial charge is 0.262 e. The van der Waals surface area contributed by atoms with Crippen molar-refractivity contribution in [2.75, 3.05) is 10.6 Å². The van der Waals surface area contributed by atoms with Crippen molar-refractivity contribution in [2.24, 2.45) is 0 Å². The van der Waals surface area contributed by atoms with E-state index in [4.69, 9.17) is 4.52 Å². The first-order valence-electron chi connectivity index (χ1n) is 7.81. The minimum atomic E-state index is -0.288. The summed E-state index contributed by atoms with van der Waals surface area (Å²) in [5, 5.41) is 9.91. The molecule has 7 nitrogen and oxygen atoms in total. The summed E-state index contributed by atoms with van der Waals surface area (Å²) < 4.78 is 6.13. The number of nitrogens with one attached hydrogen (secondary N) is 2. The summed E-state index contributed by atoms with van der Waals surface area (Å²) in [6, 6.07) is 5.40. The number of amides is 2. The second kappa shape index (κ2) is 6.64. The molecular weight excluding hydrogens is 340 g/mol. The van der Waals surface area contributed by atoms with Crippen LogP contribution in [-0.4, -0.2) is 22.0 Å². The Balaban J connectivity index is 1.87. The Bertz CT molecular complexity index is 958. The third-order valence-electron chi connectivity index (χ3n) is 3.57. The van der Waals surface area contributed by atoms with E-state index in [1.54, 1.807) is 19.1 Å². The Morgan fingerprint density at radius 3 is 2.68 bits per heavy atom. The van der Waals surface area contributed by atoms with Crippen LogP contribution >= 0.6 is 11.3 Å². The largest absolute Gasteiger partial charge is 0.360 e. The zero-order valence-corrected chi connectivity index (χ0v) is 15.2. The molecule has 130 valence electrons. The van der Waals surface area contributed by atoms with E-state index < -0.39 is 0 Å². The maximum atomic E-state index is 12.6. The average molecular weight is 358 g/mol. The number of thiazole rings is 1. The molecule has 1 aromatic carbocycles. The van der Waals surface area contributed by atoms with Crippen LogP contribution in [0.1, 0.15) is 48.5 Å². The van der Waals surface area contributed by atoms with Gasteiger partial charge in [0.1, 0.15) is 5.56 Å². The highest BCUT2D eigenvalue weighted by atomic mass is 32.1. The molecule has 0 unspecified atom stereocenters. The summed E-state index contributed by atoms with van der Waals surface area (Å²) >= 11 is 1.34. The van der Waals surface area contributed by atoms with Crippen LogP contribution in [0, 0.1) is 6.92 Å². The van der Waals surface area contributed by atoms with E-state index in [1.807, 2.05) is 19.9 Å². The number of benzene rings is 1. The molecule has 0 saturated heterocycles. The topological polar surface area (TPSA) is 97.1 Å². The fourth-order valence-electron chi connectivity index (χ4n) is 2.48. The van der Waals surface area contributed by atoms with Gasteiger partial charge in [0.2, 0.25) is 5.91 Å². The van der Waals surface area contributed by atoms with E-state index in [1.165, 1.54) is 18.3 Å². The SMILES string of the molecule is CC(=O)Nc1ccc2nc(NC(=O)c3c(C)noc3C(C)C)sc2c1. The van der Waals surface area contributed by atoms with Gasteiger partial charge in [-0.2, -0.15) is 0 Å². The van der Waals surface area contributed by atoms with Crippen LogP contribution in [0.4, 0.5) is 10.8 Å². The van der Waals surface area contributed by atoms with Gasteiger partial charge in [-0.05, 0) is 25.1 Å². The molecule has 0 spiro atoms. The first-order valence-corrected chi connectivity index (χ1v) is 8.62. The summed E-state index contributed by atoms with van der Waals surface area (Å²) in [5.74, 6) is 0.187. The quantitative estimate of drug-likeness (QED) is 0.736. The number of aryl methyl sites for hydroxylation is 1. The Morgan fingerprint density at radius 1 is 1.24 bits per heavy atom. The van der Waals surface area contributed by atoms with Crippen molar-refractivity contribution in [3.63, 3.8) is 0 Å². The van der Waals surface area contributed by atoms with Gasteiger partial charge in [-0.1, -0.05) is 30.3 Å². The van der Waals surface area contributed by atoms with Gasteiger partial charge in [0.05, 0.1) is 15.9 Å². The van der Waals surface area contributed by atoms with Crippen LogP contribution in [-0.2, 0) is 4.79 Å². The molecular formula is C17H18N4O3S. The minimum absolute atomic E-state index is 0.0533. The number of hydrogen-bond donors (Lipinski definition) is 2. The van der Waals surface area contributed by atoms with Crippen LogP contribution in [0.3, 0.4) is 0 Å². The summed E-state index contributed by atoms with van der Waals surface area (Å²) in [6.07, 6.45) is 0. The highest BCUT2D eigenvalue weighted by molar-refractivity contribution is 7.22. The molecule has 8 heteroatoms. The van der Waals surface area contributed by atoms with Crippen LogP contribution < -0.4 is 10.6 Å². The third-order valence-corrected chi connectivity index (χ3v) is 4.50. The number of carbonyl (C=O) groups is 2. The van der Waals surface area contributed by atoms with Crippen LogP contribution in [0.2, 0.25) is 0 Å². The highest BCUT2D eigenvalue weighted by Gasteiger charge is 2.23. The van der Waals surface area contributed by atoms with E-state index in [9.17, 15) is 9.59 Å². The lowest BCUT2D eigenvalue weighted by Crippen LogP contribution is -2.14. The Morgan fingerprint density at radius 2 is 2.00 bits per heavy atom. The maximum Gasteiger partial charge on any atom is 0.262 e. The van der Waals surface area contributed by atoms with Crippen molar-refractivity contribution >= 4 is 44.2 Å². The predicted molar refractivity (Wildman–Crippen MR) is 97.2 cm³/mol. The molecule has 0 atom stereocenters. The van der Waals surface area contributed by atoms with Gasteiger partial charge in [0.25, 0.3) is 5.91 Å². The highest BCUT2D eigenvalue weighted by Crippen LogP contribution is 2.30. The molecule has 0 aliphatic heterocycles. The number of carbonyl (C=O) groups excluding carboxylic acids is 2. The van der Waals surface area contributed by atoms with Crippen molar-refractivity contribution in [1.29, 1.82) is 0 Å². The molecule has 0 saturated carbocycles. The standard InChI is InChI=1S/C17H18N4O3S/c1-8(2)15-14(9(3)21-24-15)16(23)20-17-19-12-6-5-11(18-10(4)22)7-13(12)25-17/h5-8H,1-4H3,(H,18,22)(H,19,20,23). The number of aromatic nitrogens is 2. The summed E-state index contributed by atoms with van der Waals surface area (Å²) in [5.41, 5.74) is 2.45. The normalized spacial score (nSPS) is 11.1. The third kappa shape index (κ3) is 3.53. The number of nitrogens with zero attached hydrogens (tertiary/aromatic N) is 2. The molecule has 3 aromatic rings. The van der Waals surface area contributed by atoms with E-state index in [2.05, 4.69) is 20.8 Å². The van der Waals surface area contributed by atoms with Crippen LogP contribution in [0.25, 0.3) is 10.2 Å². The molecule has 2 amide bonds. The molecule has 0 fully saturated rings. The fourth-order valence-corrected chi connectivity index (χ4v) is 3.38. The molecule has 0 aliphatic rings. The van der Waals surface area contributed by atoms with Gasteiger partial charge >= 0.3 is 0 Å². The molecule has 0 radical (unpaired) electrons. The Kier molecular flexibility index (Phi) is 4.54.